The third-order valence-electron chi connectivity index (χ3n) is 2.78. The van der Waals surface area contributed by atoms with E-state index in [9.17, 15) is 9.90 Å². The zero-order valence-electron chi connectivity index (χ0n) is 10.6. The van der Waals surface area contributed by atoms with E-state index in [0.717, 1.165) is 5.56 Å². The fourth-order valence-electron chi connectivity index (χ4n) is 1.63. The molecule has 0 spiro atoms. The van der Waals surface area contributed by atoms with Crippen molar-refractivity contribution in [3.05, 3.63) is 34.9 Å². The Morgan fingerprint density at radius 1 is 1.41 bits per heavy atom. The van der Waals surface area contributed by atoms with Gasteiger partial charge in [-0.1, -0.05) is 29.8 Å². The van der Waals surface area contributed by atoms with E-state index in [1.165, 1.54) is 18.7 Å². The Morgan fingerprint density at radius 2 is 1.94 bits per heavy atom. The normalized spacial score (nSPS) is 13.3. The van der Waals surface area contributed by atoms with Crippen molar-refractivity contribution in [2.45, 2.75) is 32.4 Å². The Morgan fingerprint density at radius 3 is 2.41 bits per heavy atom. The van der Waals surface area contributed by atoms with Gasteiger partial charge >= 0.3 is 0 Å². The van der Waals surface area contributed by atoms with E-state index in [-0.39, 0.29) is 11.9 Å². The average molecular weight is 256 g/mol. The summed E-state index contributed by atoms with van der Waals surface area (Å²) in [5.74, 6) is -0.329. The first-order valence-electron chi connectivity index (χ1n) is 5.49. The molecule has 0 aliphatic rings. The summed E-state index contributed by atoms with van der Waals surface area (Å²) in [5, 5.41) is 10.3. The van der Waals surface area contributed by atoms with Crippen molar-refractivity contribution in [1.82, 2.24) is 4.90 Å². The highest BCUT2D eigenvalue weighted by molar-refractivity contribution is 6.31. The van der Waals surface area contributed by atoms with E-state index in [1.54, 1.807) is 13.1 Å². The second-order valence-electron chi connectivity index (χ2n) is 4.67. The third kappa shape index (κ3) is 3.20. The number of carbonyl (C=O) groups is 1. The largest absolute Gasteiger partial charge is 0.381 e. The zero-order valence-corrected chi connectivity index (χ0v) is 11.3. The van der Waals surface area contributed by atoms with Crippen molar-refractivity contribution in [1.29, 1.82) is 0 Å². The highest BCUT2D eigenvalue weighted by atomic mass is 35.5. The molecule has 1 aromatic rings. The van der Waals surface area contributed by atoms with Crippen LogP contribution in [0.25, 0.3) is 0 Å². The average Bonchev–Trinajstić information content (AvgIpc) is 2.25. The van der Waals surface area contributed by atoms with Crippen LogP contribution in [0.15, 0.2) is 24.3 Å². The Kier molecular flexibility index (Phi) is 4.17. The molecule has 1 N–H and O–H groups in total. The van der Waals surface area contributed by atoms with Gasteiger partial charge in [-0.15, -0.1) is 0 Å². The monoisotopic (exact) mass is 255 g/mol. The molecule has 1 unspecified atom stereocenters. The van der Waals surface area contributed by atoms with Gasteiger partial charge in [0, 0.05) is 12.1 Å². The van der Waals surface area contributed by atoms with Crippen LogP contribution in [0.5, 0.6) is 0 Å². The third-order valence-corrected chi connectivity index (χ3v) is 3.12. The molecule has 4 heteroatoms. The Balaban J connectivity index is 2.95. The molecule has 0 aliphatic carbocycles. The molecule has 0 heterocycles. The van der Waals surface area contributed by atoms with E-state index in [1.807, 2.05) is 25.1 Å². The van der Waals surface area contributed by atoms with Crippen molar-refractivity contribution in [3.63, 3.8) is 0 Å². The molecular weight excluding hydrogens is 238 g/mol. The lowest BCUT2D eigenvalue weighted by Gasteiger charge is -2.30. The lowest BCUT2D eigenvalue weighted by atomic mass is 10.0. The van der Waals surface area contributed by atoms with Crippen LogP contribution < -0.4 is 0 Å². The van der Waals surface area contributed by atoms with Crippen LogP contribution >= 0.6 is 11.6 Å². The van der Waals surface area contributed by atoms with Crippen LogP contribution in [0.3, 0.4) is 0 Å². The number of carbonyl (C=O) groups excluding carboxylic acids is 1. The summed E-state index contributed by atoms with van der Waals surface area (Å²) >= 11 is 6.08. The summed E-state index contributed by atoms with van der Waals surface area (Å²) in [7, 11) is 1.66. The van der Waals surface area contributed by atoms with Crippen molar-refractivity contribution in [2.24, 2.45) is 0 Å². The van der Waals surface area contributed by atoms with E-state index >= 15 is 0 Å². The van der Waals surface area contributed by atoms with Crippen LogP contribution in [0, 0.1) is 0 Å². The molecule has 3 nitrogen and oxygen atoms in total. The van der Waals surface area contributed by atoms with Crippen LogP contribution in [0.1, 0.15) is 32.4 Å². The lowest BCUT2D eigenvalue weighted by Crippen LogP contribution is -2.44. The Labute approximate surface area is 107 Å². The predicted molar refractivity (Wildman–Crippen MR) is 68.9 cm³/mol. The Bertz CT molecular complexity index is 412. The summed E-state index contributed by atoms with van der Waals surface area (Å²) in [6.45, 7) is 4.83. The van der Waals surface area contributed by atoms with Gasteiger partial charge in [0.1, 0.15) is 5.60 Å². The summed E-state index contributed by atoms with van der Waals surface area (Å²) in [6, 6.07) is 7.20. The predicted octanol–water partition coefficient (Wildman–Crippen LogP) is 2.63. The fourth-order valence-corrected chi connectivity index (χ4v) is 1.92. The summed E-state index contributed by atoms with van der Waals surface area (Å²) < 4.78 is 0. The molecule has 0 saturated heterocycles. The number of hydrogen-bond donors (Lipinski definition) is 1. The molecular formula is C13H18ClNO2. The number of benzene rings is 1. The standard InChI is InChI=1S/C13H18ClNO2/c1-9(10-7-5-6-8-11(10)14)15(4)12(16)13(2,3)17/h5-9,17H,1-4H3. The zero-order chi connectivity index (χ0) is 13.2. The van der Waals surface area contributed by atoms with Crippen molar-refractivity contribution in [2.75, 3.05) is 7.05 Å². The van der Waals surface area contributed by atoms with E-state index < -0.39 is 5.60 Å². The fraction of sp³-hybridized carbons (Fsp3) is 0.462. The number of halogens is 1. The highest BCUT2D eigenvalue weighted by Gasteiger charge is 2.30. The molecule has 0 aromatic heterocycles. The van der Waals surface area contributed by atoms with E-state index in [0.29, 0.717) is 5.02 Å². The number of aliphatic hydroxyl groups is 1. The first-order valence-corrected chi connectivity index (χ1v) is 5.87. The number of rotatable bonds is 3. The van der Waals surface area contributed by atoms with E-state index in [2.05, 4.69) is 0 Å². The van der Waals surface area contributed by atoms with Crippen LogP contribution in [0.2, 0.25) is 5.02 Å². The number of hydrogen-bond acceptors (Lipinski definition) is 2. The number of nitrogens with zero attached hydrogens (tertiary/aromatic N) is 1. The molecule has 1 aromatic carbocycles. The van der Waals surface area contributed by atoms with Gasteiger partial charge in [-0.05, 0) is 32.4 Å². The molecule has 1 amide bonds. The van der Waals surface area contributed by atoms with Gasteiger partial charge in [0.2, 0.25) is 0 Å². The van der Waals surface area contributed by atoms with Gasteiger partial charge < -0.3 is 10.0 Å². The first kappa shape index (κ1) is 14.0. The molecule has 0 saturated carbocycles. The minimum Gasteiger partial charge on any atom is -0.381 e. The van der Waals surface area contributed by atoms with Crippen molar-refractivity contribution < 1.29 is 9.90 Å². The minimum absolute atomic E-state index is 0.178. The summed E-state index contributed by atoms with van der Waals surface area (Å²) in [5.41, 5.74) is -0.501. The summed E-state index contributed by atoms with van der Waals surface area (Å²) in [4.78, 5) is 13.4. The van der Waals surface area contributed by atoms with E-state index in [4.69, 9.17) is 11.6 Å². The van der Waals surface area contributed by atoms with Gasteiger partial charge in [-0.2, -0.15) is 0 Å². The van der Waals surface area contributed by atoms with Crippen LogP contribution in [0.4, 0.5) is 0 Å². The maximum atomic E-state index is 11.9. The number of amides is 1. The molecule has 1 atom stereocenters. The molecule has 94 valence electrons. The molecule has 17 heavy (non-hydrogen) atoms. The molecule has 0 bridgehead atoms. The maximum absolute atomic E-state index is 11.9. The SMILES string of the molecule is CC(c1ccccc1Cl)N(C)C(=O)C(C)(C)O. The van der Waals surface area contributed by atoms with Crippen molar-refractivity contribution >= 4 is 17.5 Å². The number of likely N-dealkylation sites (N-methyl/N-ethyl adjacent to an activating group) is 1. The Hall–Kier alpha value is -1.06. The molecule has 1 rings (SSSR count). The molecule has 0 fully saturated rings. The molecule has 0 radical (unpaired) electrons. The highest BCUT2D eigenvalue weighted by Crippen LogP contribution is 2.27. The maximum Gasteiger partial charge on any atom is 0.254 e. The first-order chi connectivity index (χ1) is 7.75. The minimum atomic E-state index is -1.37. The second kappa shape index (κ2) is 5.07. The molecule has 0 aliphatic heterocycles. The van der Waals surface area contributed by atoms with Crippen LogP contribution in [-0.4, -0.2) is 28.6 Å². The summed E-state index contributed by atoms with van der Waals surface area (Å²) in [6.07, 6.45) is 0. The van der Waals surface area contributed by atoms with Gasteiger partial charge in [-0.25, -0.2) is 0 Å². The van der Waals surface area contributed by atoms with Gasteiger partial charge in [0.25, 0.3) is 5.91 Å². The van der Waals surface area contributed by atoms with Gasteiger partial charge in [0.05, 0.1) is 6.04 Å². The second-order valence-corrected chi connectivity index (χ2v) is 5.08. The smallest absolute Gasteiger partial charge is 0.254 e. The van der Waals surface area contributed by atoms with Crippen LogP contribution in [-0.2, 0) is 4.79 Å². The lowest BCUT2D eigenvalue weighted by molar-refractivity contribution is -0.148. The topological polar surface area (TPSA) is 40.5 Å². The van der Waals surface area contributed by atoms with Crippen molar-refractivity contribution in [3.8, 4) is 0 Å². The quantitative estimate of drug-likeness (QED) is 0.902. The van der Waals surface area contributed by atoms with Gasteiger partial charge in [-0.3, -0.25) is 4.79 Å². The van der Waals surface area contributed by atoms with Gasteiger partial charge in [0.15, 0.2) is 0 Å².